The molecule has 2 aromatic rings. The van der Waals surface area contributed by atoms with Gasteiger partial charge in [0.2, 0.25) is 5.91 Å². The van der Waals surface area contributed by atoms with Crippen molar-refractivity contribution < 1.29 is 19.1 Å². The van der Waals surface area contributed by atoms with E-state index in [0.29, 0.717) is 37.4 Å². The van der Waals surface area contributed by atoms with Gasteiger partial charge in [0.25, 0.3) is 0 Å². The molecule has 0 saturated carbocycles. The molecular formula is C21H23NO4. The van der Waals surface area contributed by atoms with Gasteiger partial charge in [-0.2, -0.15) is 0 Å². The number of hydrogen-bond acceptors (Lipinski definition) is 4. The number of amides is 1. The summed E-state index contributed by atoms with van der Waals surface area (Å²) in [5.74, 6) is 1.60. The fraction of sp³-hybridized carbons (Fsp3) is 0.333. The van der Waals surface area contributed by atoms with Crippen LogP contribution < -0.4 is 14.8 Å². The summed E-state index contributed by atoms with van der Waals surface area (Å²) in [6.07, 6.45) is 1.82. The van der Waals surface area contributed by atoms with Gasteiger partial charge >= 0.3 is 0 Å². The van der Waals surface area contributed by atoms with Crippen LogP contribution in [0.25, 0.3) is 0 Å². The maximum Gasteiger partial charge on any atom is 0.220 e. The number of carbonyl (C=O) groups excluding carboxylic acids is 2. The Balaban J connectivity index is 1.42. The SMILES string of the molecule is CC(=O)c1ccc(OCCCC(=O)N[C@H]2CCOc3ccccc32)cc1. The fourth-order valence-electron chi connectivity index (χ4n) is 2.97. The second-order valence-corrected chi connectivity index (χ2v) is 6.33. The first kappa shape index (κ1) is 18.0. The van der Waals surface area contributed by atoms with Gasteiger partial charge in [0.1, 0.15) is 11.5 Å². The minimum absolute atomic E-state index is 0.00694. The lowest BCUT2D eigenvalue weighted by molar-refractivity contribution is -0.122. The lowest BCUT2D eigenvalue weighted by Gasteiger charge is -2.26. The van der Waals surface area contributed by atoms with E-state index < -0.39 is 0 Å². The zero-order chi connectivity index (χ0) is 18.4. The van der Waals surface area contributed by atoms with Crippen LogP contribution in [-0.4, -0.2) is 24.9 Å². The summed E-state index contributed by atoms with van der Waals surface area (Å²) in [5.41, 5.74) is 1.70. The predicted octanol–water partition coefficient (Wildman–Crippen LogP) is 3.69. The number of rotatable bonds is 7. The number of fused-ring (bicyclic) bond motifs is 1. The molecule has 0 aromatic heterocycles. The number of hydrogen-bond donors (Lipinski definition) is 1. The molecule has 0 unspecified atom stereocenters. The van der Waals surface area contributed by atoms with Gasteiger partial charge in [-0.05, 0) is 43.7 Å². The van der Waals surface area contributed by atoms with Crippen LogP contribution in [0.1, 0.15) is 48.1 Å². The summed E-state index contributed by atoms with van der Waals surface area (Å²) in [7, 11) is 0. The summed E-state index contributed by atoms with van der Waals surface area (Å²) < 4.78 is 11.2. The first-order chi connectivity index (χ1) is 12.6. The molecule has 0 spiro atoms. The van der Waals surface area contributed by atoms with E-state index in [4.69, 9.17) is 9.47 Å². The summed E-state index contributed by atoms with van der Waals surface area (Å²) in [4.78, 5) is 23.4. The number of ether oxygens (including phenoxy) is 2. The number of ketones is 1. The number of carbonyl (C=O) groups is 2. The molecule has 1 amide bonds. The van der Waals surface area contributed by atoms with Crippen LogP contribution in [0, 0.1) is 0 Å². The van der Waals surface area contributed by atoms with Crippen molar-refractivity contribution in [2.75, 3.05) is 13.2 Å². The molecule has 0 saturated heterocycles. The molecule has 1 aliphatic heterocycles. The molecule has 26 heavy (non-hydrogen) atoms. The smallest absolute Gasteiger partial charge is 0.220 e. The first-order valence-electron chi connectivity index (χ1n) is 8.88. The number of para-hydroxylation sites is 1. The third kappa shape index (κ3) is 4.63. The van der Waals surface area contributed by atoms with E-state index in [1.54, 1.807) is 24.3 Å². The molecule has 1 atom stereocenters. The van der Waals surface area contributed by atoms with Crippen molar-refractivity contribution in [3.63, 3.8) is 0 Å². The molecule has 5 nitrogen and oxygen atoms in total. The van der Waals surface area contributed by atoms with Crippen molar-refractivity contribution in [3.05, 3.63) is 59.7 Å². The summed E-state index contributed by atoms with van der Waals surface area (Å²) in [6.45, 7) is 2.60. The minimum atomic E-state index is 0.00694. The molecule has 136 valence electrons. The Labute approximate surface area is 153 Å². The van der Waals surface area contributed by atoms with Gasteiger partial charge in [-0.3, -0.25) is 9.59 Å². The zero-order valence-electron chi connectivity index (χ0n) is 14.9. The maximum atomic E-state index is 12.2. The third-order valence-corrected chi connectivity index (χ3v) is 4.37. The first-order valence-corrected chi connectivity index (χ1v) is 8.88. The van der Waals surface area contributed by atoms with E-state index >= 15 is 0 Å². The molecule has 0 bridgehead atoms. The quantitative estimate of drug-likeness (QED) is 0.609. The molecular weight excluding hydrogens is 330 g/mol. The second-order valence-electron chi connectivity index (χ2n) is 6.33. The van der Waals surface area contributed by atoms with Crippen molar-refractivity contribution in [3.8, 4) is 11.5 Å². The van der Waals surface area contributed by atoms with Crippen LogP contribution in [0.15, 0.2) is 48.5 Å². The zero-order valence-corrected chi connectivity index (χ0v) is 14.9. The van der Waals surface area contributed by atoms with Crippen LogP contribution in [0.2, 0.25) is 0 Å². The monoisotopic (exact) mass is 353 g/mol. The second kappa shape index (κ2) is 8.52. The van der Waals surface area contributed by atoms with Crippen LogP contribution in [0.3, 0.4) is 0 Å². The van der Waals surface area contributed by atoms with Gasteiger partial charge in [-0.15, -0.1) is 0 Å². The molecule has 3 rings (SSSR count). The van der Waals surface area contributed by atoms with Crippen molar-refractivity contribution in [2.24, 2.45) is 0 Å². The van der Waals surface area contributed by atoms with Gasteiger partial charge in [0.15, 0.2) is 5.78 Å². The summed E-state index contributed by atoms with van der Waals surface area (Å²) in [6, 6.07) is 14.9. The highest BCUT2D eigenvalue weighted by Crippen LogP contribution is 2.31. The predicted molar refractivity (Wildman–Crippen MR) is 98.6 cm³/mol. The molecule has 5 heteroatoms. The Morgan fingerprint density at radius 2 is 1.92 bits per heavy atom. The van der Waals surface area contributed by atoms with E-state index in [1.807, 2.05) is 24.3 Å². The van der Waals surface area contributed by atoms with Gasteiger partial charge in [-0.25, -0.2) is 0 Å². The van der Waals surface area contributed by atoms with Crippen molar-refractivity contribution in [1.82, 2.24) is 5.32 Å². The van der Waals surface area contributed by atoms with E-state index in [0.717, 1.165) is 17.7 Å². The van der Waals surface area contributed by atoms with Crippen LogP contribution in [0.4, 0.5) is 0 Å². The Morgan fingerprint density at radius 1 is 1.15 bits per heavy atom. The van der Waals surface area contributed by atoms with Gasteiger partial charge in [0, 0.05) is 24.0 Å². The topological polar surface area (TPSA) is 64.6 Å². The highest BCUT2D eigenvalue weighted by Gasteiger charge is 2.22. The van der Waals surface area contributed by atoms with E-state index in [2.05, 4.69) is 5.32 Å². The fourth-order valence-corrected chi connectivity index (χ4v) is 2.97. The lowest BCUT2D eigenvalue weighted by Crippen LogP contribution is -2.32. The normalized spacial score (nSPS) is 15.5. The van der Waals surface area contributed by atoms with E-state index in [9.17, 15) is 9.59 Å². The Hall–Kier alpha value is -2.82. The number of benzene rings is 2. The Bertz CT molecular complexity index is 770. The average Bonchev–Trinajstić information content (AvgIpc) is 2.66. The van der Waals surface area contributed by atoms with Gasteiger partial charge < -0.3 is 14.8 Å². The molecule has 1 heterocycles. The van der Waals surface area contributed by atoms with Gasteiger partial charge in [-0.1, -0.05) is 18.2 Å². The highest BCUT2D eigenvalue weighted by molar-refractivity contribution is 5.94. The molecule has 0 radical (unpaired) electrons. The minimum Gasteiger partial charge on any atom is -0.494 e. The largest absolute Gasteiger partial charge is 0.494 e. The van der Waals surface area contributed by atoms with Gasteiger partial charge in [0.05, 0.1) is 19.3 Å². The van der Waals surface area contributed by atoms with Crippen molar-refractivity contribution in [1.29, 1.82) is 0 Å². The number of nitrogens with one attached hydrogen (secondary N) is 1. The van der Waals surface area contributed by atoms with E-state index in [1.165, 1.54) is 6.92 Å². The molecule has 0 fully saturated rings. The Kier molecular flexibility index (Phi) is 5.89. The third-order valence-electron chi connectivity index (χ3n) is 4.37. The maximum absolute atomic E-state index is 12.2. The summed E-state index contributed by atoms with van der Waals surface area (Å²) in [5, 5.41) is 3.08. The standard InChI is InChI=1S/C21H23NO4/c1-15(23)16-8-10-17(11-9-16)25-13-4-7-21(24)22-19-12-14-26-20-6-3-2-5-18(19)20/h2-3,5-6,8-11,19H,4,7,12-14H2,1H3,(H,22,24)/t19-/m0/s1. The lowest BCUT2D eigenvalue weighted by atomic mass is 10.0. The average molecular weight is 353 g/mol. The summed E-state index contributed by atoms with van der Waals surface area (Å²) >= 11 is 0. The molecule has 2 aromatic carbocycles. The van der Waals surface area contributed by atoms with Crippen molar-refractivity contribution >= 4 is 11.7 Å². The Morgan fingerprint density at radius 3 is 2.69 bits per heavy atom. The number of Topliss-reactive ketones (excluding diaryl/α,β-unsaturated/α-hetero) is 1. The van der Waals surface area contributed by atoms with Crippen LogP contribution in [0.5, 0.6) is 11.5 Å². The highest BCUT2D eigenvalue weighted by atomic mass is 16.5. The van der Waals surface area contributed by atoms with Crippen LogP contribution >= 0.6 is 0 Å². The molecule has 1 N–H and O–H groups in total. The van der Waals surface area contributed by atoms with Crippen molar-refractivity contribution in [2.45, 2.75) is 32.2 Å². The molecule has 1 aliphatic rings. The van der Waals surface area contributed by atoms with E-state index in [-0.39, 0.29) is 17.7 Å². The van der Waals surface area contributed by atoms with Crippen LogP contribution in [-0.2, 0) is 4.79 Å². The molecule has 0 aliphatic carbocycles.